The van der Waals surface area contributed by atoms with Gasteiger partial charge in [0.15, 0.2) is 0 Å². The molecule has 4 nitrogen and oxygen atoms in total. The van der Waals surface area contributed by atoms with Crippen LogP contribution in [0.15, 0.2) is 24.3 Å². The molecule has 0 aromatic heterocycles. The van der Waals surface area contributed by atoms with Crippen LogP contribution in [0.3, 0.4) is 0 Å². The van der Waals surface area contributed by atoms with Crippen molar-refractivity contribution in [1.29, 1.82) is 0 Å². The minimum atomic E-state index is -0.414. The van der Waals surface area contributed by atoms with Gasteiger partial charge in [-0.1, -0.05) is 103 Å². The summed E-state index contributed by atoms with van der Waals surface area (Å²) in [6.45, 7) is 2.81. The molecule has 0 radical (unpaired) electrons. The molecule has 0 aliphatic heterocycles. The lowest BCUT2D eigenvalue weighted by molar-refractivity contribution is -0.144. The van der Waals surface area contributed by atoms with Crippen molar-refractivity contribution in [3.05, 3.63) is 30.1 Å². The van der Waals surface area contributed by atoms with Crippen LogP contribution in [0.25, 0.3) is 0 Å². The number of hydrogen-bond acceptors (Lipinski definition) is 4. The van der Waals surface area contributed by atoms with Gasteiger partial charge in [-0.15, -0.1) is 0 Å². The predicted octanol–water partition coefficient (Wildman–Crippen LogP) is 8.71. The minimum Gasteiger partial charge on any atom is -0.466 e. The quantitative estimate of drug-likeness (QED) is 0.0950. The highest BCUT2D eigenvalue weighted by molar-refractivity contribution is 5.72. The van der Waals surface area contributed by atoms with Crippen LogP contribution >= 0.6 is 0 Å². The van der Waals surface area contributed by atoms with Gasteiger partial charge in [-0.2, -0.15) is 0 Å². The first-order valence-electron chi connectivity index (χ1n) is 13.7. The Labute approximate surface area is 207 Å². The zero-order valence-corrected chi connectivity index (χ0v) is 21.5. The molecular formula is C29H47FO4. The molecule has 0 amide bonds. The highest BCUT2D eigenvalue weighted by atomic mass is 19.1. The number of carbonyl (C=O) groups excluding carboxylic acids is 2. The normalized spacial score (nSPS) is 10.9. The van der Waals surface area contributed by atoms with Crippen LogP contribution in [0.5, 0.6) is 5.75 Å². The molecule has 1 rings (SSSR count). The Morgan fingerprint density at radius 1 is 0.676 bits per heavy atom. The maximum absolute atomic E-state index is 13.1. The van der Waals surface area contributed by atoms with Crippen LogP contribution in [0, 0.1) is 5.82 Å². The lowest BCUT2D eigenvalue weighted by Crippen LogP contribution is -2.07. The molecule has 5 heteroatoms. The van der Waals surface area contributed by atoms with Gasteiger partial charge in [0.25, 0.3) is 0 Å². The van der Waals surface area contributed by atoms with E-state index in [9.17, 15) is 14.0 Å². The summed E-state index contributed by atoms with van der Waals surface area (Å²) < 4.78 is 23.5. The van der Waals surface area contributed by atoms with E-state index in [4.69, 9.17) is 9.47 Å². The molecule has 0 aliphatic rings. The van der Waals surface area contributed by atoms with E-state index in [1.807, 2.05) is 0 Å². The second-order valence-corrected chi connectivity index (χ2v) is 9.31. The number of halogens is 1. The molecule has 0 saturated heterocycles. The monoisotopic (exact) mass is 478 g/mol. The number of rotatable bonds is 22. The van der Waals surface area contributed by atoms with Gasteiger partial charge in [-0.05, 0) is 31.4 Å². The van der Waals surface area contributed by atoms with Crippen LogP contribution in [0.1, 0.15) is 129 Å². The van der Waals surface area contributed by atoms with Crippen molar-refractivity contribution in [3.63, 3.8) is 0 Å². The molecule has 0 aliphatic carbocycles. The first kappa shape index (κ1) is 30.1. The lowest BCUT2D eigenvalue weighted by Gasteiger charge is -2.06. The predicted molar refractivity (Wildman–Crippen MR) is 136 cm³/mol. The average Bonchev–Trinajstić information content (AvgIpc) is 2.81. The number of benzene rings is 1. The SMILES string of the molecule is CCCCCCCCCCCCCOC(=O)CCCCCCCCC(=O)Oc1cccc(F)c1. The van der Waals surface area contributed by atoms with Gasteiger partial charge in [-0.25, -0.2) is 4.39 Å². The molecule has 194 valence electrons. The van der Waals surface area contributed by atoms with Crippen molar-refractivity contribution < 1.29 is 23.5 Å². The van der Waals surface area contributed by atoms with Gasteiger partial charge in [0.2, 0.25) is 0 Å². The van der Waals surface area contributed by atoms with Gasteiger partial charge in [0, 0.05) is 18.9 Å². The summed E-state index contributed by atoms with van der Waals surface area (Å²) in [7, 11) is 0. The van der Waals surface area contributed by atoms with Crippen molar-refractivity contribution >= 4 is 11.9 Å². The zero-order chi connectivity index (χ0) is 24.7. The number of carbonyl (C=O) groups is 2. The van der Waals surface area contributed by atoms with E-state index < -0.39 is 5.82 Å². The summed E-state index contributed by atoms with van der Waals surface area (Å²) in [5, 5.41) is 0. The molecule has 0 fully saturated rings. The van der Waals surface area contributed by atoms with Gasteiger partial charge in [-0.3, -0.25) is 9.59 Å². The van der Waals surface area contributed by atoms with Gasteiger partial charge >= 0.3 is 11.9 Å². The van der Waals surface area contributed by atoms with Crippen molar-refractivity contribution in [3.8, 4) is 5.75 Å². The van der Waals surface area contributed by atoms with Gasteiger partial charge in [0.05, 0.1) is 6.61 Å². The molecule has 1 aromatic rings. The minimum absolute atomic E-state index is 0.0767. The van der Waals surface area contributed by atoms with Crippen LogP contribution < -0.4 is 4.74 Å². The number of ether oxygens (including phenoxy) is 2. The Kier molecular flexibility index (Phi) is 19.1. The molecule has 0 spiro atoms. The third kappa shape index (κ3) is 18.5. The van der Waals surface area contributed by atoms with Crippen LogP contribution in [-0.4, -0.2) is 18.5 Å². The third-order valence-electron chi connectivity index (χ3n) is 6.05. The maximum Gasteiger partial charge on any atom is 0.311 e. The topological polar surface area (TPSA) is 52.6 Å². The summed E-state index contributed by atoms with van der Waals surface area (Å²) in [5.74, 6) is -0.568. The summed E-state index contributed by atoms with van der Waals surface area (Å²) >= 11 is 0. The molecule has 0 unspecified atom stereocenters. The fourth-order valence-electron chi connectivity index (χ4n) is 3.98. The Balaban J connectivity index is 1.81. The van der Waals surface area contributed by atoms with E-state index in [1.54, 1.807) is 6.07 Å². The Morgan fingerprint density at radius 2 is 1.18 bits per heavy atom. The first-order valence-corrected chi connectivity index (χ1v) is 13.7. The second-order valence-electron chi connectivity index (χ2n) is 9.31. The van der Waals surface area contributed by atoms with E-state index in [0.717, 1.165) is 51.4 Å². The molecular weight excluding hydrogens is 431 g/mol. The largest absolute Gasteiger partial charge is 0.466 e. The van der Waals surface area contributed by atoms with E-state index in [2.05, 4.69) is 6.92 Å². The van der Waals surface area contributed by atoms with Crippen LogP contribution in [-0.2, 0) is 14.3 Å². The Hall–Kier alpha value is -1.91. The molecule has 1 aromatic carbocycles. The van der Waals surface area contributed by atoms with Gasteiger partial charge < -0.3 is 9.47 Å². The molecule has 0 bridgehead atoms. The molecule has 0 atom stereocenters. The van der Waals surface area contributed by atoms with E-state index >= 15 is 0 Å². The molecule has 0 N–H and O–H groups in total. The van der Waals surface area contributed by atoms with Crippen molar-refractivity contribution in [2.24, 2.45) is 0 Å². The zero-order valence-electron chi connectivity index (χ0n) is 21.5. The molecule has 0 heterocycles. The van der Waals surface area contributed by atoms with Crippen LogP contribution in [0.4, 0.5) is 4.39 Å². The van der Waals surface area contributed by atoms with Crippen molar-refractivity contribution in [1.82, 2.24) is 0 Å². The second kappa shape index (κ2) is 21.6. The standard InChI is InChI=1S/C29H47FO4/c1-2-3-4-5-6-7-8-9-12-15-18-24-33-28(31)22-16-13-10-11-14-17-23-29(32)34-27-21-19-20-26(30)25-27/h19-21,25H,2-18,22-24H2,1H3. The summed E-state index contributed by atoms with van der Waals surface area (Å²) in [6.07, 6.45) is 20.7. The van der Waals surface area contributed by atoms with E-state index in [0.29, 0.717) is 19.4 Å². The fourth-order valence-corrected chi connectivity index (χ4v) is 3.98. The van der Waals surface area contributed by atoms with Crippen LogP contribution in [0.2, 0.25) is 0 Å². The summed E-state index contributed by atoms with van der Waals surface area (Å²) in [5.41, 5.74) is 0. The Morgan fingerprint density at radius 3 is 1.74 bits per heavy atom. The molecule has 0 saturated carbocycles. The lowest BCUT2D eigenvalue weighted by atomic mass is 10.1. The number of hydrogen-bond donors (Lipinski definition) is 0. The number of esters is 2. The van der Waals surface area contributed by atoms with Crippen molar-refractivity contribution in [2.45, 2.75) is 129 Å². The third-order valence-corrected chi connectivity index (χ3v) is 6.05. The average molecular weight is 479 g/mol. The first-order chi connectivity index (χ1) is 16.6. The summed E-state index contributed by atoms with van der Waals surface area (Å²) in [6, 6.07) is 5.62. The highest BCUT2D eigenvalue weighted by Crippen LogP contribution is 2.15. The maximum atomic E-state index is 13.1. The van der Waals surface area contributed by atoms with E-state index in [-0.39, 0.29) is 17.7 Å². The van der Waals surface area contributed by atoms with Gasteiger partial charge in [0.1, 0.15) is 11.6 Å². The highest BCUT2D eigenvalue weighted by Gasteiger charge is 2.06. The van der Waals surface area contributed by atoms with Crippen molar-refractivity contribution in [2.75, 3.05) is 6.61 Å². The Bertz CT molecular complexity index is 647. The summed E-state index contributed by atoms with van der Waals surface area (Å²) in [4.78, 5) is 23.6. The number of unbranched alkanes of at least 4 members (excludes halogenated alkanes) is 15. The molecule has 34 heavy (non-hydrogen) atoms. The van der Waals surface area contributed by atoms with E-state index in [1.165, 1.54) is 76.0 Å². The fraction of sp³-hybridized carbons (Fsp3) is 0.724. The smallest absolute Gasteiger partial charge is 0.311 e.